The van der Waals surface area contributed by atoms with Gasteiger partial charge in [0.1, 0.15) is 0 Å². The second-order valence-electron chi connectivity index (χ2n) is 3.89. The third-order valence-electron chi connectivity index (χ3n) is 2.58. The van der Waals surface area contributed by atoms with Crippen LogP contribution in [0.1, 0.15) is 20.0 Å². The van der Waals surface area contributed by atoms with E-state index >= 15 is 0 Å². The van der Waals surface area contributed by atoms with Gasteiger partial charge in [-0.2, -0.15) is 0 Å². The smallest absolute Gasteiger partial charge is 0.339 e. The number of amides is 1. The molecule has 0 atom stereocenters. The average Bonchev–Trinajstić information content (AvgIpc) is 2.97. The molecule has 2 aromatic rings. The number of nitro groups is 1. The number of rotatable bonds is 4. The highest BCUT2D eigenvalue weighted by atomic mass is 32.1. The summed E-state index contributed by atoms with van der Waals surface area (Å²) in [6, 6.07) is 8.96. The van der Waals surface area contributed by atoms with Crippen LogP contribution < -0.4 is 5.32 Å². The van der Waals surface area contributed by atoms with E-state index < -0.39 is 16.8 Å². The molecule has 0 spiro atoms. The number of benzene rings is 1. The van der Waals surface area contributed by atoms with Crippen LogP contribution in [0, 0.1) is 10.1 Å². The quantitative estimate of drug-likeness (QED) is 0.532. The molecule has 0 unspecified atom stereocenters. The Morgan fingerprint density at radius 3 is 2.57 bits per heavy atom. The van der Waals surface area contributed by atoms with Crippen molar-refractivity contribution in [3.05, 3.63) is 57.0 Å². The Labute approximate surface area is 123 Å². The highest BCUT2D eigenvalue weighted by Gasteiger charge is 2.18. The number of para-hydroxylation sites is 1. The first kappa shape index (κ1) is 14.7. The van der Waals surface area contributed by atoms with Gasteiger partial charge in [-0.15, -0.1) is 0 Å². The first-order valence-corrected chi connectivity index (χ1v) is 6.57. The summed E-state index contributed by atoms with van der Waals surface area (Å²) in [5.41, 5.74) is 0.491. The molecule has 108 valence electrons. The van der Waals surface area contributed by atoms with Crippen molar-refractivity contribution in [2.75, 3.05) is 12.4 Å². The molecule has 0 radical (unpaired) electrons. The Balaban J connectivity index is 2.23. The number of carbonyl (C=O) groups excluding carboxylic acids is 2. The predicted octanol–water partition coefficient (Wildman–Crippen LogP) is 2.70. The lowest BCUT2D eigenvalue weighted by atomic mass is 10.2. The zero-order valence-electron chi connectivity index (χ0n) is 10.9. The Morgan fingerprint density at radius 2 is 1.95 bits per heavy atom. The summed E-state index contributed by atoms with van der Waals surface area (Å²) in [5.74, 6) is -1.10. The molecular weight excluding hydrogens is 296 g/mol. The van der Waals surface area contributed by atoms with Gasteiger partial charge in [-0.1, -0.05) is 23.5 Å². The molecule has 1 N–H and O–H groups in total. The SMILES string of the molecule is COC(=O)c1ccccc1NC(=O)c1ccc([N+](=O)[O-])s1. The van der Waals surface area contributed by atoms with Crippen LogP contribution in [-0.4, -0.2) is 23.9 Å². The number of anilines is 1. The summed E-state index contributed by atoms with van der Waals surface area (Å²) in [6.45, 7) is 0. The summed E-state index contributed by atoms with van der Waals surface area (Å²) in [6.07, 6.45) is 0. The molecular formula is C13H10N2O5S. The molecule has 0 aliphatic rings. The number of nitrogens with one attached hydrogen (secondary N) is 1. The van der Waals surface area contributed by atoms with Crippen molar-refractivity contribution in [1.29, 1.82) is 0 Å². The second kappa shape index (κ2) is 6.14. The van der Waals surface area contributed by atoms with E-state index in [1.807, 2.05) is 0 Å². The van der Waals surface area contributed by atoms with Gasteiger partial charge in [-0.3, -0.25) is 14.9 Å². The lowest BCUT2D eigenvalue weighted by Crippen LogP contribution is -2.14. The van der Waals surface area contributed by atoms with Gasteiger partial charge < -0.3 is 10.1 Å². The van der Waals surface area contributed by atoms with Crippen LogP contribution in [0.2, 0.25) is 0 Å². The molecule has 1 amide bonds. The van der Waals surface area contributed by atoms with E-state index in [2.05, 4.69) is 10.1 Å². The Kier molecular flexibility index (Phi) is 4.29. The van der Waals surface area contributed by atoms with E-state index in [0.717, 1.165) is 11.3 Å². The fourth-order valence-electron chi connectivity index (χ4n) is 1.61. The first-order chi connectivity index (χ1) is 10.0. The fourth-order valence-corrected chi connectivity index (χ4v) is 2.33. The number of hydrogen-bond donors (Lipinski definition) is 1. The van der Waals surface area contributed by atoms with Gasteiger partial charge in [0.25, 0.3) is 5.91 Å². The molecule has 0 fully saturated rings. The van der Waals surface area contributed by atoms with Crippen LogP contribution in [0.5, 0.6) is 0 Å². The molecule has 0 saturated heterocycles. The molecule has 0 aliphatic carbocycles. The van der Waals surface area contributed by atoms with Crippen LogP contribution in [0.4, 0.5) is 10.7 Å². The van der Waals surface area contributed by atoms with Crippen molar-refractivity contribution in [3.63, 3.8) is 0 Å². The van der Waals surface area contributed by atoms with Crippen LogP contribution in [0.3, 0.4) is 0 Å². The van der Waals surface area contributed by atoms with Gasteiger partial charge in [0.2, 0.25) is 0 Å². The third-order valence-corrected chi connectivity index (χ3v) is 3.61. The third kappa shape index (κ3) is 3.23. The minimum absolute atomic E-state index is 0.124. The topological polar surface area (TPSA) is 98.5 Å². The number of methoxy groups -OCH3 is 1. The molecule has 0 aliphatic heterocycles. The zero-order chi connectivity index (χ0) is 15.4. The molecule has 1 aromatic carbocycles. The van der Waals surface area contributed by atoms with Gasteiger partial charge in [-0.25, -0.2) is 4.79 Å². The second-order valence-corrected chi connectivity index (χ2v) is 4.95. The monoisotopic (exact) mass is 306 g/mol. The largest absolute Gasteiger partial charge is 0.465 e. The van der Waals surface area contributed by atoms with Crippen LogP contribution in [-0.2, 0) is 4.74 Å². The van der Waals surface area contributed by atoms with Gasteiger partial charge >= 0.3 is 11.0 Å². The standard InChI is InChI=1S/C13H10N2O5S/c1-20-13(17)8-4-2-3-5-9(8)14-12(16)10-6-7-11(21-10)15(18)19/h2-7H,1H3,(H,14,16). The van der Waals surface area contributed by atoms with Gasteiger partial charge in [-0.05, 0) is 18.2 Å². The molecule has 21 heavy (non-hydrogen) atoms. The maximum atomic E-state index is 12.0. The van der Waals surface area contributed by atoms with Crippen molar-refractivity contribution in [2.24, 2.45) is 0 Å². The number of thiophene rings is 1. The summed E-state index contributed by atoms with van der Waals surface area (Å²) in [4.78, 5) is 33.8. The van der Waals surface area contributed by atoms with Crippen molar-refractivity contribution in [3.8, 4) is 0 Å². The van der Waals surface area contributed by atoms with Crippen LogP contribution >= 0.6 is 11.3 Å². The van der Waals surface area contributed by atoms with E-state index in [1.54, 1.807) is 18.2 Å². The first-order valence-electron chi connectivity index (χ1n) is 5.76. The number of esters is 1. The van der Waals surface area contributed by atoms with Gasteiger partial charge in [0.15, 0.2) is 0 Å². The minimum Gasteiger partial charge on any atom is -0.465 e. The molecule has 0 saturated carbocycles. The normalized spacial score (nSPS) is 9.95. The highest BCUT2D eigenvalue weighted by Crippen LogP contribution is 2.25. The highest BCUT2D eigenvalue weighted by molar-refractivity contribution is 7.17. The Morgan fingerprint density at radius 1 is 1.24 bits per heavy atom. The van der Waals surface area contributed by atoms with Crippen molar-refractivity contribution in [1.82, 2.24) is 0 Å². The number of hydrogen-bond acceptors (Lipinski definition) is 6. The van der Waals surface area contributed by atoms with Crippen molar-refractivity contribution in [2.45, 2.75) is 0 Å². The van der Waals surface area contributed by atoms with E-state index in [0.29, 0.717) is 0 Å². The zero-order valence-corrected chi connectivity index (χ0v) is 11.7. The molecule has 7 nitrogen and oxygen atoms in total. The average molecular weight is 306 g/mol. The maximum absolute atomic E-state index is 12.0. The van der Waals surface area contributed by atoms with Crippen LogP contribution in [0.15, 0.2) is 36.4 Å². The Hall–Kier alpha value is -2.74. The summed E-state index contributed by atoms with van der Waals surface area (Å²) in [5, 5.41) is 13.0. The number of carbonyl (C=O) groups is 2. The van der Waals surface area contributed by atoms with Crippen molar-refractivity contribution < 1.29 is 19.2 Å². The fraction of sp³-hybridized carbons (Fsp3) is 0.0769. The van der Waals surface area contributed by atoms with E-state index in [9.17, 15) is 19.7 Å². The molecule has 8 heteroatoms. The summed E-state index contributed by atoms with van der Waals surface area (Å²) < 4.78 is 4.62. The Bertz CT molecular complexity index is 710. The lowest BCUT2D eigenvalue weighted by molar-refractivity contribution is -0.380. The summed E-state index contributed by atoms with van der Waals surface area (Å²) in [7, 11) is 1.24. The van der Waals surface area contributed by atoms with Crippen LogP contribution in [0.25, 0.3) is 0 Å². The molecule has 2 rings (SSSR count). The van der Waals surface area contributed by atoms with E-state index in [-0.39, 0.29) is 21.1 Å². The predicted molar refractivity (Wildman–Crippen MR) is 76.7 cm³/mol. The maximum Gasteiger partial charge on any atom is 0.339 e. The van der Waals surface area contributed by atoms with Crippen molar-refractivity contribution >= 4 is 33.9 Å². The van der Waals surface area contributed by atoms with Gasteiger partial charge in [0, 0.05) is 6.07 Å². The number of ether oxygens (including phenoxy) is 1. The lowest BCUT2D eigenvalue weighted by Gasteiger charge is -2.08. The van der Waals surface area contributed by atoms with E-state index in [1.165, 1.54) is 25.3 Å². The van der Waals surface area contributed by atoms with E-state index in [4.69, 9.17) is 0 Å². The summed E-state index contributed by atoms with van der Waals surface area (Å²) >= 11 is 0.761. The minimum atomic E-state index is -0.580. The van der Waals surface area contributed by atoms with Gasteiger partial charge in [0.05, 0.1) is 28.2 Å². The molecule has 1 aromatic heterocycles. The molecule has 1 heterocycles. The molecule has 0 bridgehead atoms. The number of nitrogens with zero attached hydrogens (tertiary/aromatic N) is 1.